The van der Waals surface area contributed by atoms with Gasteiger partial charge >= 0.3 is 0 Å². The summed E-state index contributed by atoms with van der Waals surface area (Å²) >= 11 is 5.88. The van der Waals surface area contributed by atoms with Gasteiger partial charge in [-0.1, -0.05) is 29.8 Å². The molecule has 1 N–H and O–H groups in total. The first-order valence-corrected chi connectivity index (χ1v) is 9.74. The van der Waals surface area contributed by atoms with Crippen molar-refractivity contribution in [2.24, 2.45) is 0 Å². The zero-order chi connectivity index (χ0) is 21.0. The number of carbonyl (C=O) groups is 1. The Bertz CT molecular complexity index is 903. The molecule has 7 nitrogen and oxygen atoms in total. The molecule has 0 aliphatic carbocycles. The summed E-state index contributed by atoms with van der Waals surface area (Å²) in [5.41, 5.74) is 1.05. The van der Waals surface area contributed by atoms with E-state index in [1.165, 1.54) is 12.1 Å². The minimum absolute atomic E-state index is 0.0101. The molecular weight excluding hydrogens is 399 g/mol. The van der Waals surface area contributed by atoms with Gasteiger partial charge in [-0.3, -0.25) is 14.9 Å². The van der Waals surface area contributed by atoms with Crippen LogP contribution in [0.25, 0.3) is 0 Å². The van der Waals surface area contributed by atoms with Gasteiger partial charge in [0.05, 0.1) is 12.0 Å². The highest BCUT2D eigenvalue weighted by molar-refractivity contribution is 6.30. The lowest BCUT2D eigenvalue weighted by Crippen LogP contribution is -3.09. The van der Waals surface area contributed by atoms with Crippen molar-refractivity contribution in [2.75, 3.05) is 44.7 Å². The maximum atomic E-state index is 13.8. The van der Waals surface area contributed by atoms with E-state index < -0.39 is 4.92 Å². The van der Waals surface area contributed by atoms with Gasteiger partial charge in [0.25, 0.3) is 11.6 Å². The number of amides is 1. The predicted molar refractivity (Wildman–Crippen MR) is 109 cm³/mol. The number of nitrogens with zero attached hydrogens (tertiary/aromatic N) is 3. The molecular formula is C20H23ClFN4O3+. The third-order valence-electron chi connectivity index (χ3n) is 5.01. The summed E-state index contributed by atoms with van der Waals surface area (Å²) in [6.45, 7) is 2.64. The maximum Gasteiger partial charge on any atom is 0.294 e. The number of hydrogen-bond acceptors (Lipinski definition) is 4. The van der Waals surface area contributed by atoms with Crippen LogP contribution in [0, 0.1) is 15.9 Å². The zero-order valence-corrected chi connectivity index (χ0v) is 16.9. The first kappa shape index (κ1) is 21.0. The molecule has 0 radical (unpaired) electrons. The number of nitro groups is 1. The van der Waals surface area contributed by atoms with Crippen LogP contribution >= 0.6 is 11.6 Å². The molecule has 0 spiro atoms. The van der Waals surface area contributed by atoms with Gasteiger partial charge in [0.1, 0.15) is 18.0 Å². The summed E-state index contributed by atoms with van der Waals surface area (Å²) in [5.74, 6) is -0.276. The number of rotatable bonds is 6. The molecule has 1 aliphatic rings. The number of benzene rings is 2. The molecule has 1 heterocycles. The molecule has 1 fully saturated rings. The second kappa shape index (κ2) is 9.19. The average Bonchev–Trinajstić information content (AvgIpc) is 2.69. The fraction of sp³-hybridized carbons (Fsp3) is 0.350. The Morgan fingerprint density at radius 3 is 2.55 bits per heavy atom. The van der Waals surface area contributed by atoms with Crippen LogP contribution in [0.1, 0.15) is 5.56 Å². The monoisotopic (exact) mass is 421 g/mol. The lowest BCUT2D eigenvalue weighted by Gasteiger charge is -2.36. The standard InChI is InChI=1S/C20H22ClFN4O3/c1-23(13-15-4-2-3-5-17(15)22)14-20(27)25-10-8-24(9-11-25)18-7-6-16(21)12-19(18)26(28)29/h2-7,12H,8-11,13-14H2,1H3/p+1. The van der Waals surface area contributed by atoms with Crippen molar-refractivity contribution in [2.45, 2.75) is 6.54 Å². The van der Waals surface area contributed by atoms with E-state index >= 15 is 0 Å². The normalized spacial score (nSPS) is 15.3. The molecule has 1 saturated heterocycles. The van der Waals surface area contributed by atoms with Crippen molar-refractivity contribution >= 4 is 28.9 Å². The summed E-state index contributed by atoms with van der Waals surface area (Å²) in [4.78, 5) is 28.0. The molecule has 2 aromatic carbocycles. The molecule has 1 aliphatic heterocycles. The van der Waals surface area contributed by atoms with Crippen LogP contribution in [0.5, 0.6) is 0 Å². The van der Waals surface area contributed by atoms with Crippen molar-refractivity contribution in [1.82, 2.24) is 4.90 Å². The van der Waals surface area contributed by atoms with E-state index in [9.17, 15) is 19.3 Å². The van der Waals surface area contributed by atoms with Crippen LogP contribution in [0.4, 0.5) is 15.8 Å². The van der Waals surface area contributed by atoms with Crippen molar-refractivity contribution in [3.05, 3.63) is 69.0 Å². The second-order valence-corrected chi connectivity index (χ2v) is 7.60. The van der Waals surface area contributed by atoms with E-state index in [1.54, 1.807) is 35.2 Å². The van der Waals surface area contributed by atoms with Gasteiger partial charge in [0, 0.05) is 42.8 Å². The average molecular weight is 422 g/mol. The minimum Gasteiger partial charge on any atom is -0.362 e. The molecule has 154 valence electrons. The van der Waals surface area contributed by atoms with Crippen LogP contribution in [-0.2, 0) is 11.3 Å². The molecule has 0 bridgehead atoms. The SMILES string of the molecule is C[NH+](CC(=O)N1CCN(c2ccc(Cl)cc2[N+](=O)[O-])CC1)Cc1ccccc1F. The third kappa shape index (κ3) is 5.21. The highest BCUT2D eigenvalue weighted by Gasteiger charge is 2.27. The summed E-state index contributed by atoms with van der Waals surface area (Å²) in [5, 5.41) is 11.6. The Morgan fingerprint density at radius 2 is 1.90 bits per heavy atom. The van der Waals surface area contributed by atoms with Gasteiger partial charge in [-0.15, -0.1) is 0 Å². The van der Waals surface area contributed by atoms with Crippen molar-refractivity contribution < 1.29 is 19.0 Å². The summed E-state index contributed by atoms with van der Waals surface area (Å²) < 4.78 is 13.8. The third-order valence-corrected chi connectivity index (χ3v) is 5.25. The molecule has 1 amide bonds. The van der Waals surface area contributed by atoms with Crippen molar-refractivity contribution in [3.63, 3.8) is 0 Å². The Kier molecular flexibility index (Phi) is 6.66. The Morgan fingerprint density at radius 1 is 1.21 bits per heavy atom. The van der Waals surface area contributed by atoms with Gasteiger partial charge in [0.15, 0.2) is 6.54 Å². The quantitative estimate of drug-likeness (QED) is 0.570. The lowest BCUT2D eigenvalue weighted by atomic mass is 10.2. The van der Waals surface area contributed by atoms with E-state index in [-0.39, 0.29) is 24.0 Å². The number of likely N-dealkylation sites (N-methyl/N-ethyl adjacent to an activating group) is 1. The smallest absolute Gasteiger partial charge is 0.294 e. The molecule has 9 heteroatoms. The van der Waals surface area contributed by atoms with E-state index in [1.807, 2.05) is 11.9 Å². The molecule has 0 aromatic heterocycles. The van der Waals surface area contributed by atoms with Gasteiger partial charge in [-0.05, 0) is 18.2 Å². The fourth-order valence-corrected chi connectivity index (χ4v) is 3.67. The minimum atomic E-state index is -0.445. The highest BCUT2D eigenvalue weighted by atomic mass is 35.5. The van der Waals surface area contributed by atoms with Crippen LogP contribution in [0.15, 0.2) is 42.5 Å². The van der Waals surface area contributed by atoms with E-state index in [0.29, 0.717) is 49.0 Å². The number of anilines is 1. The highest BCUT2D eigenvalue weighted by Crippen LogP contribution is 2.31. The summed E-state index contributed by atoms with van der Waals surface area (Å²) in [6, 6.07) is 11.2. The van der Waals surface area contributed by atoms with Gasteiger partial charge in [-0.2, -0.15) is 0 Å². The number of hydrogen-bond donors (Lipinski definition) is 1. The van der Waals surface area contributed by atoms with E-state index in [0.717, 1.165) is 4.90 Å². The van der Waals surface area contributed by atoms with Crippen LogP contribution in [-0.4, -0.2) is 55.5 Å². The second-order valence-electron chi connectivity index (χ2n) is 7.16. The number of carbonyl (C=O) groups excluding carboxylic acids is 1. The maximum absolute atomic E-state index is 13.8. The lowest BCUT2D eigenvalue weighted by molar-refractivity contribution is -0.885. The van der Waals surface area contributed by atoms with Gasteiger partial charge in [-0.25, -0.2) is 4.39 Å². The Hall–Kier alpha value is -2.71. The Labute approximate surface area is 173 Å². The molecule has 0 saturated carbocycles. The zero-order valence-electron chi connectivity index (χ0n) is 16.1. The molecule has 3 rings (SSSR count). The molecule has 2 aromatic rings. The number of nitrogens with one attached hydrogen (secondary N) is 1. The summed E-state index contributed by atoms with van der Waals surface area (Å²) in [7, 11) is 1.86. The van der Waals surface area contributed by atoms with E-state index in [2.05, 4.69) is 0 Å². The van der Waals surface area contributed by atoms with Crippen LogP contribution in [0.3, 0.4) is 0 Å². The Balaban J connectivity index is 1.56. The van der Waals surface area contributed by atoms with Crippen LogP contribution in [0.2, 0.25) is 5.02 Å². The predicted octanol–water partition coefficient (Wildman–Crippen LogP) is 1.75. The van der Waals surface area contributed by atoms with E-state index in [4.69, 9.17) is 11.6 Å². The van der Waals surface area contributed by atoms with Crippen molar-refractivity contribution in [3.8, 4) is 0 Å². The first-order chi connectivity index (χ1) is 13.8. The number of piperazine rings is 1. The number of halogens is 2. The first-order valence-electron chi connectivity index (χ1n) is 9.36. The largest absolute Gasteiger partial charge is 0.362 e. The number of nitro benzene ring substituents is 1. The molecule has 1 unspecified atom stereocenters. The number of quaternary nitrogens is 1. The topological polar surface area (TPSA) is 71.1 Å². The van der Waals surface area contributed by atoms with Gasteiger partial charge in [0.2, 0.25) is 0 Å². The van der Waals surface area contributed by atoms with Crippen LogP contribution < -0.4 is 9.80 Å². The summed E-state index contributed by atoms with van der Waals surface area (Å²) in [6.07, 6.45) is 0. The fourth-order valence-electron chi connectivity index (χ4n) is 3.51. The molecule has 29 heavy (non-hydrogen) atoms. The van der Waals surface area contributed by atoms with Gasteiger partial charge < -0.3 is 14.7 Å². The van der Waals surface area contributed by atoms with Crippen molar-refractivity contribution in [1.29, 1.82) is 0 Å². The molecule has 1 atom stereocenters.